The first kappa shape index (κ1) is 14.3. The highest BCUT2D eigenvalue weighted by Gasteiger charge is 2.13. The molecule has 1 amide bonds. The van der Waals surface area contributed by atoms with Crippen LogP contribution < -0.4 is 5.32 Å². The van der Waals surface area contributed by atoms with Gasteiger partial charge in [-0.25, -0.2) is 0 Å². The zero-order chi connectivity index (χ0) is 15.5. The van der Waals surface area contributed by atoms with Crippen LogP contribution in [-0.4, -0.2) is 20.7 Å². The number of amides is 1. The highest BCUT2D eigenvalue weighted by molar-refractivity contribution is 6.30. The summed E-state index contributed by atoms with van der Waals surface area (Å²) in [6.45, 7) is 0. The van der Waals surface area contributed by atoms with Crippen molar-refractivity contribution in [3.8, 4) is 11.4 Å². The SMILES string of the molecule is Cn1cnnc1-c1ccccc1NC(=O)c1ccc(Cl)cc1. The van der Waals surface area contributed by atoms with Crippen molar-refractivity contribution in [1.82, 2.24) is 14.8 Å². The molecule has 6 heteroatoms. The van der Waals surface area contributed by atoms with Gasteiger partial charge in [-0.05, 0) is 36.4 Å². The molecule has 0 aliphatic heterocycles. The second-order valence-corrected chi connectivity index (χ2v) is 5.21. The number of aryl methyl sites for hydroxylation is 1. The van der Waals surface area contributed by atoms with E-state index in [1.807, 2.05) is 31.3 Å². The number of hydrogen-bond acceptors (Lipinski definition) is 3. The standard InChI is InChI=1S/C16H13ClN4O/c1-21-10-18-20-15(21)13-4-2-3-5-14(13)19-16(22)11-6-8-12(17)9-7-11/h2-10H,1H3,(H,19,22). The third-order valence-electron chi connectivity index (χ3n) is 3.23. The Bertz CT molecular complexity index is 811. The largest absolute Gasteiger partial charge is 0.321 e. The summed E-state index contributed by atoms with van der Waals surface area (Å²) >= 11 is 5.84. The maximum absolute atomic E-state index is 12.3. The van der Waals surface area contributed by atoms with Gasteiger partial charge in [0.1, 0.15) is 6.33 Å². The Morgan fingerprint density at radius 3 is 2.55 bits per heavy atom. The second kappa shape index (κ2) is 5.99. The number of carbonyl (C=O) groups excluding carboxylic acids is 1. The molecule has 0 atom stereocenters. The van der Waals surface area contributed by atoms with Crippen molar-refractivity contribution in [2.45, 2.75) is 0 Å². The van der Waals surface area contributed by atoms with Crippen LogP contribution in [0.2, 0.25) is 5.02 Å². The molecule has 5 nitrogen and oxygen atoms in total. The van der Waals surface area contributed by atoms with Crippen molar-refractivity contribution in [3.05, 3.63) is 65.4 Å². The molecule has 0 aliphatic carbocycles. The minimum atomic E-state index is -0.203. The molecule has 3 aromatic rings. The lowest BCUT2D eigenvalue weighted by Gasteiger charge is -2.10. The van der Waals surface area contributed by atoms with Gasteiger partial charge in [-0.3, -0.25) is 4.79 Å². The number of aromatic nitrogens is 3. The molecule has 1 heterocycles. The molecule has 0 saturated carbocycles. The highest BCUT2D eigenvalue weighted by Crippen LogP contribution is 2.26. The van der Waals surface area contributed by atoms with Gasteiger partial charge < -0.3 is 9.88 Å². The quantitative estimate of drug-likeness (QED) is 0.806. The van der Waals surface area contributed by atoms with Gasteiger partial charge in [-0.15, -0.1) is 10.2 Å². The molecule has 110 valence electrons. The Morgan fingerprint density at radius 2 is 1.86 bits per heavy atom. The lowest BCUT2D eigenvalue weighted by atomic mass is 10.1. The summed E-state index contributed by atoms with van der Waals surface area (Å²) in [7, 11) is 1.85. The number of nitrogens with one attached hydrogen (secondary N) is 1. The Kier molecular flexibility index (Phi) is 3.89. The summed E-state index contributed by atoms with van der Waals surface area (Å²) in [5.74, 6) is 0.485. The number of rotatable bonds is 3. The molecular formula is C16H13ClN4O. The van der Waals surface area contributed by atoms with Gasteiger partial charge in [0.15, 0.2) is 5.82 Å². The molecule has 2 aromatic carbocycles. The maximum atomic E-state index is 12.3. The van der Waals surface area contributed by atoms with Gasteiger partial charge in [0, 0.05) is 23.2 Å². The molecule has 0 unspecified atom stereocenters. The molecular weight excluding hydrogens is 300 g/mol. The lowest BCUT2D eigenvalue weighted by molar-refractivity contribution is 0.102. The molecule has 22 heavy (non-hydrogen) atoms. The van der Waals surface area contributed by atoms with E-state index in [9.17, 15) is 4.79 Å². The van der Waals surface area contributed by atoms with Crippen LogP contribution in [0.1, 0.15) is 10.4 Å². The fourth-order valence-corrected chi connectivity index (χ4v) is 2.24. The zero-order valence-corrected chi connectivity index (χ0v) is 12.6. The van der Waals surface area contributed by atoms with Crippen molar-refractivity contribution in [2.24, 2.45) is 7.05 Å². The van der Waals surface area contributed by atoms with Crippen molar-refractivity contribution >= 4 is 23.2 Å². The van der Waals surface area contributed by atoms with Crippen LogP contribution in [0.5, 0.6) is 0 Å². The van der Waals surface area contributed by atoms with Gasteiger partial charge in [0.2, 0.25) is 0 Å². The fourth-order valence-electron chi connectivity index (χ4n) is 2.11. The first-order chi connectivity index (χ1) is 10.6. The molecule has 1 aromatic heterocycles. The van der Waals surface area contributed by atoms with E-state index in [-0.39, 0.29) is 5.91 Å². The van der Waals surface area contributed by atoms with Crippen molar-refractivity contribution in [2.75, 3.05) is 5.32 Å². The number of benzene rings is 2. The number of carbonyl (C=O) groups is 1. The van der Waals surface area contributed by atoms with Crippen LogP contribution in [0.4, 0.5) is 5.69 Å². The molecule has 3 rings (SSSR count). The minimum Gasteiger partial charge on any atom is -0.321 e. The topological polar surface area (TPSA) is 59.8 Å². The molecule has 0 radical (unpaired) electrons. The van der Waals surface area contributed by atoms with Crippen molar-refractivity contribution < 1.29 is 4.79 Å². The van der Waals surface area contributed by atoms with E-state index in [0.717, 1.165) is 5.56 Å². The van der Waals surface area contributed by atoms with E-state index in [1.54, 1.807) is 35.2 Å². The Morgan fingerprint density at radius 1 is 1.14 bits per heavy atom. The lowest BCUT2D eigenvalue weighted by Crippen LogP contribution is -2.12. The van der Waals surface area contributed by atoms with Crippen LogP contribution in [0.15, 0.2) is 54.9 Å². The summed E-state index contributed by atoms with van der Waals surface area (Å²) in [6.07, 6.45) is 1.62. The van der Waals surface area contributed by atoms with E-state index in [1.165, 1.54) is 0 Å². The Hall–Kier alpha value is -2.66. The van der Waals surface area contributed by atoms with Crippen molar-refractivity contribution in [3.63, 3.8) is 0 Å². The maximum Gasteiger partial charge on any atom is 0.255 e. The monoisotopic (exact) mass is 312 g/mol. The number of anilines is 1. The first-order valence-electron chi connectivity index (χ1n) is 6.65. The van der Waals surface area contributed by atoms with Gasteiger partial charge in [-0.1, -0.05) is 23.7 Å². The van der Waals surface area contributed by atoms with Gasteiger partial charge in [-0.2, -0.15) is 0 Å². The average Bonchev–Trinajstić information content (AvgIpc) is 2.94. The molecule has 0 aliphatic rings. The van der Waals surface area contributed by atoms with Gasteiger partial charge >= 0.3 is 0 Å². The summed E-state index contributed by atoms with van der Waals surface area (Å²) < 4.78 is 1.80. The third-order valence-corrected chi connectivity index (χ3v) is 3.49. The Labute approximate surface area is 132 Å². The minimum absolute atomic E-state index is 0.203. The summed E-state index contributed by atoms with van der Waals surface area (Å²) in [4.78, 5) is 12.3. The molecule has 0 bridgehead atoms. The average molecular weight is 313 g/mol. The number of para-hydroxylation sites is 1. The predicted octanol–water partition coefficient (Wildman–Crippen LogP) is 3.39. The third kappa shape index (κ3) is 2.84. The summed E-state index contributed by atoms with van der Waals surface area (Å²) in [5, 5.41) is 11.4. The first-order valence-corrected chi connectivity index (χ1v) is 7.03. The normalized spacial score (nSPS) is 10.5. The van der Waals surface area contributed by atoms with Gasteiger partial charge in [0.05, 0.1) is 5.69 Å². The molecule has 0 saturated heterocycles. The number of halogens is 1. The van der Waals surface area contributed by atoms with Crippen LogP contribution in [0.25, 0.3) is 11.4 Å². The predicted molar refractivity (Wildman–Crippen MR) is 85.8 cm³/mol. The molecule has 1 N–H and O–H groups in total. The van der Waals surface area contributed by atoms with Crippen LogP contribution in [-0.2, 0) is 7.05 Å². The van der Waals surface area contributed by atoms with E-state index in [0.29, 0.717) is 22.1 Å². The fraction of sp³-hybridized carbons (Fsp3) is 0.0625. The highest BCUT2D eigenvalue weighted by atomic mass is 35.5. The van der Waals surface area contributed by atoms with E-state index < -0.39 is 0 Å². The smallest absolute Gasteiger partial charge is 0.255 e. The zero-order valence-electron chi connectivity index (χ0n) is 11.8. The summed E-state index contributed by atoms with van der Waals surface area (Å²) in [6, 6.07) is 14.2. The number of nitrogens with zero attached hydrogens (tertiary/aromatic N) is 3. The molecule has 0 spiro atoms. The number of hydrogen-bond donors (Lipinski definition) is 1. The van der Waals surface area contributed by atoms with E-state index in [4.69, 9.17) is 11.6 Å². The second-order valence-electron chi connectivity index (χ2n) is 4.77. The van der Waals surface area contributed by atoms with Crippen LogP contribution in [0, 0.1) is 0 Å². The molecule has 0 fully saturated rings. The van der Waals surface area contributed by atoms with Crippen LogP contribution >= 0.6 is 11.6 Å². The van der Waals surface area contributed by atoms with E-state index in [2.05, 4.69) is 15.5 Å². The van der Waals surface area contributed by atoms with E-state index >= 15 is 0 Å². The van der Waals surface area contributed by atoms with Crippen molar-refractivity contribution in [1.29, 1.82) is 0 Å². The summed E-state index contributed by atoms with van der Waals surface area (Å²) in [5.41, 5.74) is 2.03. The Balaban J connectivity index is 1.91. The van der Waals surface area contributed by atoms with Crippen LogP contribution in [0.3, 0.4) is 0 Å². The van der Waals surface area contributed by atoms with Gasteiger partial charge in [0.25, 0.3) is 5.91 Å².